The van der Waals surface area contributed by atoms with Gasteiger partial charge in [0, 0.05) is 38.4 Å². The third kappa shape index (κ3) is 3.00. The minimum Gasteiger partial charge on any atom is -0.404 e. The molecule has 0 saturated carbocycles. The Kier molecular flexibility index (Phi) is 3.74. The van der Waals surface area contributed by atoms with Gasteiger partial charge in [0.25, 0.3) is 0 Å². The average Bonchev–Trinajstić information content (AvgIpc) is 2.19. The Labute approximate surface area is 81.3 Å². The lowest BCUT2D eigenvalue weighted by molar-refractivity contribution is 0.270. The Morgan fingerprint density at radius 1 is 1.31 bits per heavy atom. The minimum atomic E-state index is -2.67. The van der Waals surface area contributed by atoms with Crippen molar-refractivity contribution in [3.05, 3.63) is 18.6 Å². The summed E-state index contributed by atoms with van der Waals surface area (Å²) in [5.41, 5.74) is 0. The Hall–Kier alpha value is -0.550. The molecule has 7 heteroatoms. The molecule has 0 unspecified atom stereocenters. The molecule has 0 saturated heterocycles. The second-order valence-electron chi connectivity index (χ2n) is 1.95. The highest BCUT2D eigenvalue weighted by atomic mass is 32.5. The molecule has 0 aliphatic heterocycles. The van der Waals surface area contributed by atoms with E-state index in [2.05, 4.69) is 9.97 Å². The first-order valence-corrected chi connectivity index (χ1v) is 5.93. The van der Waals surface area contributed by atoms with Crippen molar-refractivity contribution in [1.29, 1.82) is 0 Å². The molecule has 72 valence electrons. The van der Waals surface area contributed by atoms with Crippen LogP contribution in [-0.2, 0) is 20.9 Å². The van der Waals surface area contributed by atoms with E-state index in [1.807, 2.05) is 0 Å². The molecule has 1 rings (SSSR count). The fourth-order valence-electron chi connectivity index (χ4n) is 0.596. The van der Waals surface area contributed by atoms with Crippen molar-refractivity contribution < 1.29 is 13.6 Å². The molecule has 0 fully saturated rings. The van der Waals surface area contributed by atoms with Crippen LogP contribution in [0.4, 0.5) is 0 Å². The van der Waals surface area contributed by atoms with E-state index in [4.69, 9.17) is 25.4 Å². The Morgan fingerprint density at radius 3 is 2.46 bits per heavy atom. The zero-order valence-electron chi connectivity index (χ0n) is 7.21. The Morgan fingerprint density at radius 2 is 2.00 bits per heavy atom. The molecule has 0 atom stereocenters. The maximum atomic E-state index is 5.21. The van der Waals surface area contributed by atoms with Crippen LogP contribution in [0.5, 0.6) is 5.88 Å². The summed E-state index contributed by atoms with van der Waals surface area (Å²) in [6.07, 6.45) is 4.48. The van der Waals surface area contributed by atoms with Crippen molar-refractivity contribution in [2.75, 3.05) is 14.2 Å². The van der Waals surface area contributed by atoms with Crippen LogP contribution in [0.1, 0.15) is 0 Å². The number of rotatable bonds is 4. The summed E-state index contributed by atoms with van der Waals surface area (Å²) >= 11 is 4.96. The largest absolute Gasteiger partial charge is 0.404 e. The molecule has 0 amide bonds. The van der Waals surface area contributed by atoms with Crippen LogP contribution in [0.25, 0.3) is 0 Å². The lowest BCUT2D eigenvalue weighted by atomic mass is 10.7. The zero-order chi connectivity index (χ0) is 9.73. The summed E-state index contributed by atoms with van der Waals surface area (Å²) in [5.74, 6) is 0.300. The van der Waals surface area contributed by atoms with E-state index in [9.17, 15) is 0 Å². The summed E-state index contributed by atoms with van der Waals surface area (Å²) in [5, 5.41) is 0. The van der Waals surface area contributed by atoms with Crippen molar-refractivity contribution >= 4 is 18.5 Å². The van der Waals surface area contributed by atoms with Gasteiger partial charge in [-0.15, -0.1) is 0 Å². The standard InChI is InChI=1S/C6H9N2O3PS/c1-9-12(13,10-2)11-6-5-7-3-4-8-6/h3-5H,1-2H3. The minimum absolute atomic E-state index is 0.300. The third-order valence-electron chi connectivity index (χ3n) is 1.19. The number of aromatic nitrogens is 2. The maximum absolute atomic E-state index is 5.21. The van der Waals surface area contributed by atoms with E-state index in [0.717, 1.165) is 0 Å². The monoisotopic (exact) mass is 220 g/mol. The molecule has 1 aromatic rings. The van der Waals surface area contributed by atoms with Crippen molar-refractivity contribution in [3.8, 4) is 5.88 Å². The van der Waals surface area contributed by atoms with Crippen LogP contribution >= 0.6 is 6.72 Å². The van der Waals surface area contributed by atoms with Gasteiger partial charge < -0.3 is 13.6 Å². The molecule has 0 aromatic carbocycles. The molecule has 1 aromatic heterocycles. The first-order chi connectivity index (χ1) is 6.20. The van der Waals surface area contributed by atoms with E-state index >= 15 is 0 Å². The Balaban J connectivity index is 2.74. The molecular weight excluding hydrogens is 211 g/mol. The van der Waals surface area contributed by atoms with E-state index in [1.165, 1.54) is 32.8 Å². The van der Waals surface area contributed by atoms with E-state index in [-0.39, 0.29) is 0 Å². The van der Waals surface area contributed by atoms with Crippen LogP contribution in [0.2, 0.25) is 0 Å². The lowest BCUT2D eigenvalue weighted by Gasteiger charge is -2.16. The Bertz CT molecular complexity index is 300. The van der Waals surface area contributed by atoms with Crippen molar-refractivity contribution in [2.45, 2.75) is 0 Å². The SMILES string of the molecule is COP(=S)(OC)Oc1cnccn1. The molecule has 0 aliphatic carbocycles. The van der Waals surface area contributed by atoms with Crippen LogP contribution in [0.3, 0.4) is 0 Å². The van der Waals surface area contributed by atoms with Gasteiger partial charge in [-0.2, -0.15) is 0 Å². The predicted octanol–water partition coefficient (Wildman–Crippen LogP) is 1.37. The van der Waals surface area contributed by atoms with Gasteiger partial charge in [-0.1, -0.05) is 0 Å². The van der Waals surface area contributed by atoms with Crippen LogP contribution < -0.4 is 4.52 Å². The number of hydrogen-bond donors (Lipinski definition) is 0. The lowest BCUT2D eigenvalue weighted by Crippen LogP contribution is -1.98. The van der Waals surface area contributed by atoms with Gasteiger partial charge in [-0.3, -0.25) is 4.98 Å². The average molecular weight is 220 g/mol. The van der Waals surface area contributed by atoms with Crippen LogP contribution in [0, 0.1) is 0 Å². The fraction of sp³-hybridized carbons (Fsp3) is 0.333. The summed E-state index contributed by atoms with van der Waals surface area (Å²) in [6, 6.07) is 0. The van der Waals surface area contributed by atoms with Gasteiger partial charge in [-0.25, -0.2) is 4.98 Å². The van der Waals surface area contributed by atoms with Crippen molar-refractivity contribution in [3.63, 3.8) is 0 Å². The van der Waals surface area contributed by atoms with Crippen LogP contribution in [0.15, 0.2) is 18.6 Å². The molecule has 0 radical (unpaired) electrons. The van der Waals surface area contributed by atoms with Gasteiger partial charge in [-0.05, 0) is 0 Å². The van der Waals surface area contributed by atoms with Crippen molar-refractivity contribution in [2.24, 2.45) is 0 Å². The van der Waals surface area contributed by atoms with Gasteiger partial charge >= 0.3 is 6.72 Å². The molecule has 0 aliphatic rings. The molecule has 13 heavy (non-hydrogen) atoms. The quantitative estimate of drug-likeness (QED) is 0.714. The summed E-state index contributed by atoms with van der Waals surface area (Å²) < 4.78 is 15.0. The number of nitrogens with zero attached hydrogens (tertiary/aromatic N) is 2. The highest BCUT2D eigenvalue weighted by Crippen LogP contribution is 2.47. The van der Waals surface area contributed by atoms with Gasteiger partial charge in [0.05, 0.1) is 6.20 Å². The second kappa shape index (κ2) is 4.62. The van der Waals surface area contributed by atoms with Gasteiger partial charge in [0.2, 0.25) is 5.88 Å². The van der Waals surface area contributed by atoms with Gasteiger partial charge in [0.15, 0.2) is 0 Å². The van der Waals surface area contributed by atoms with E-state index in [0.29, 0.717) is 5.88 Å². The third-order valence-corrected chi connectivity index (χ3v) is 3.62. The number of hydrogen-bond acceptors (Lipinski definition) is 6. The topological polar surface area (TPSA) is 53.5 Å². The second-order valence-corrected chi connectivity index (χ2v) is 5.10. The molecule has 0 spiro atoms. The normalized spacial score (nSPS) is 11.2. The fourth-order valence-corrected chi connectivity index (χ4v) is 1.45. The molecule has 1 heterocycles. The molecule has 5 nitrogen and oxygen atoms in total. The highest BCUT2D eigenvalue weighted by molar-refractivity contribution is 8.07. The van der Waals surface area contributed by atoms with E-state index < -0.39 is 6.72 Å². The molecule has 0 N–H and O–H groups in total. The smallest absolute Gasteiger partial charge is 0.381 e. The molecule has 0 bridgehead atoms. The van der Waals surface area contributed by atoms with Gasteiger partial charge in [0.1, 0.15) is 0 Å². The first-order valence-electron chi connectivity index (χ1n) is 3.37. The van der Waals surface area contributed by atoms with E-state index in [1.54, 1.807) is 0 Å². The highest BCUT2D eigenvalue weighted by Gasteiger charge is 2.18. The summed E-state index contributed by atoms with van der Waals surface area (Å²) in [7, 11) is 2.86. The summed E-state index contributed by atoms with van der Waals surface area (Å²) in [6.45, 7) is -2.67. The first kappa shape index (κ1) is 10.5. The summed E-state index contributed by atoms with van der Waals surface area (Å²) in [4.78, 5) is 7.69. The van der Waals surface area contributed by atoms with Crippen molar-refractivity contribution in [1.82, 2.24) is 9.97 Å². The maximum Gasteiger partial charge on any atom is 0.381 e. The predicted molar refractivity (Wildman–Crippen MR) is 51.0 cm³/mol. The zero-order valence-corrected chi connectivity index (χ0v) is 8.92. The molecular formula is C6H9N2O3PS. The van der Waals surface area contributed by atoms with Crippen LogP contribution in [-0.4, -0.2) is 24.2 Å².